The molecule has 1 fully saturated rings. The number of rotatable bonds is 4. The lowest BCUT2D eigenvalue weighted by Gasteiger charge is -2.52. The average molecular weight is 314 g/mol. The Hall–Kier alpha value is -0.880. The fourth-order valence-corrected chi connectivity index (χ4v) is 3.75. The second kappa shape index (κ2) is 5.09. The number of sulfonamides is 1. The lowest BCUT2D eigenvalue weighted by Crippen LogP contribution is -2.58. The van der Waals surface area contributed by atoms with E-state index in [1.165, 1.54) is 6.26 Å². The molecule has 1 saturated carbocycles. The van der Waals surface area contributed by atoms with E-state index in [4.69, 9.17) is 4.52 Å². The van der Waals surface area contributed by atoms with E-state index in [1.54, 1.807) is 0 Å². The molecule has 0 radical (unpaired) electrons. The van der Waals surface area contributed by atoms with Crippen molar-refractivity contribution in [3.63, 3.8) is 0 Å². The number of nitrogens with one attached hydrogen (secondary N) is 1. The van der Waals surface area contributed by atoms with Crippen LogP contribution in [-0.2, 0) is 21.9 Å². The summed E-state index contributed by atoms with van der Waals surface area (Å²) in [6, 6.07) is 2.03. The van der Waals surface area contributed by atoms with Crippen LogP contribution in [0, 0.1) is 11.3 Å². The standard InChI is InChI=1S/C15H26N2O3S/c1-14(2,3)13-9-11(16-20-13)7-10-8-12(15(10,4)5)17-21(6,18)19/h9-10,12,17H,7-8H2,1-6H3. The zero-order valence-electron chi connectivity index (χ0n) is 13.7. The lowest BCUT2D eigenvalue weighted by atomic mass is 9.57. The number of hydrogen-bond donors (Lipinski definition) is 1. The molecule has 1 aromatic rings. The average Bonchev–Trinajstić information content (AvgIpc) is 2.74. The summed E-state index contributed by atoms with van der Waals surface area (Å²) in [5.74, 6) is 1.30. The predicted molar refractivity (Wildman–Crippen MR) is 82.6 cm³/mol. The van der Waals surface area contributed by atoms with Crippen molar-refractivity contribution in [2.75, 3.05) is 6.26 Å². The molecular formula is C15H26N2O3S. The Balaban J connectivity index is 2.01. The maximum absolute atomic E-state index is 11.4. The van der Waals surface area contributed by atoms with Crippen LogP contribution in [0.15, 0.2) is 10.6 Å². The van der Waals surface area contributed by atoms with Gasteiger partial charge >= 0.3 is 0 Å². The molecule has 0 saturated heterocycles. The maximum atomic E-state index is 11.4. The van der Waals surface area contributed by atoms with Crippen molar-refractivity contribution in [3.05, 3.63) is 17.5 Å². The SMILES string of the molecule is CC(C)(C)c1cc(CC2CC(NS(C)(=O)=O)C2(C)C)no1. The Morgan fingerprint density at radius 3 is 2.48 bits per heavy atom. The highest BCUT2D eigenvalue weighted by Gasteiger charge is 2.49. The molecule has 1 heterocycles. The van der Waals surface area contributed by atoms with E-state index in [9.17, 15) is 8.42 Å². The van der Waals surface area contributed by atoms with Crippen LogP contribution >= 0.6 is 0 Å². The molecule has 120 valence electrons. The molecular weight excluding hydrogens is 288 g/mol. The van der Waals surface area contributed by atoms with Gasteiger partial charge in [0, 0.05) is 17.5 Å². The zero-order chi connectivity index (χ0) is 16.1. The normalized spacial score (nSPS) is 25.6. The maximum Gasteiger partial charge on any atom is 0.208 e. The van der Waals surface area contributed by atoms with Gasteiger partial charge in [0.25, 0.3) is 0 Å². The van der Waals surface area contributed by atoms with Gasteiger partial charge < -0.3 is 4.52 Å². The molecule has 2 unspecified atom stereocenters. The highest BCUT2D eigenvalue weighted by molar-refractivity contribution is 7.88. The van der Waals surface area contributed by atoms with Crippen LogP contribution in [0.1, 0.15) is 52.5 Å². The van der Waals surface area contributed by atoms with Crippen LogP contribution in [0.4, 0.5) is 0 Å². The summed E-state index contributed by atoms with van der Waals surface area (Å²) in [6.45, 7) is 10.5. The summed E-state index contributed by atoms with van der Waals surface area (Å²) in [4.78, 5) is 0. The van der Waals surface area contributed by atoms with Gasteiger partial charge in [0.2, 0.25) is 10.0 Å². The molecule has 2 rings (SSSR count). The van der Waals surface area contributed by atoms with Crippen LogP contribution in [0.5, 0.6) is 0 Å². The quantitative estimate of drug-likeness (QED) is 0.926. The number of nitrogens with zero attached hydrogens (tertiary/aromatic N) is 1. The number of hydrogen-bond acceptors (Lipinski definition) is 4. The summed E-state index contributed by atoms with van der Waals surface area (Å²) in [7, 11) is -3.15. The van der Waals surface area contributed by atoms with Gasteiger partial charge in [-0.05, 0) is 24.2 Å². The monoisotopic (exact) mass is 314 g/mol. The minimum Gasteiger partial charge on any atom is -0.361 e. The van der Waals surface area contributed by atoms with Gasteiger partial charge in [-0.25, -0.2) is 13.1 Å². The largest absolute Gasteiger partial charge is 0.361 e. The predicted octanol–water partition coefficient (Wildman–Crippen LogP) is 2.48. The Kier molecular flexibility index (Phi) is 4.00. The first-order valence-corrected chi connectivity index (χ1v) is 9.22. The molecule has 0 aromatic carbocycles. The minimum absolute atomic E-state index is 0.00601. The molecule has 0 bridgehead atoms. The lowest BCUT2D eigenvalue weighted by molar-refractivity contribution is 0.0271. The third kappa shape index (κ3) is 3.66. The second-order valence-corrected chi connectivity index (χ2v) is 9.61. The first-order chi connectivity index (χ1) is 9.39. The van der Waals surface area contributed by atoms with Gasteiger partial charge in [-0.1, -0.05) is 39.8 Å². The van der Waals surface area contributed by atoms with Gasteiger partial charge in [-0.15, -0.1) is 0 Å². The number of aromatic nitrogens is 1. The van der Waals surface area contributed by atoms with Crippen molar-refractivity contribution >= 4 is 10.0 Å². The van der Waals surface area contributed by atoms with Crippen molar-refractivity contribution in [1.82, 2.24) is 9.88 Å². The zero-order valence-corrected chi connectivity index (χ0v) is 14.5. The van der Waals surface area contributed by atoms with Gasteiger partial charge in [-0.3, -0.25) is 0 Å². The Morgan fingerprint density at radius 1 is 1.43 bits per heavy atom. The van der Waals surface area contributed by atoms with Crippen LogP contribution in [0.25, 0.3) is 0 Å². The highest BCUT2D eigenvalue weighted by Crippen LogP contribution is 2.48. The van der Waals surface area contributed by atoms with E-state index in [1.807, 2.05) is 6.07 Å². The highest BCUT2D eigenvalue weighted by atomic mass is 32.2. The summed E-state index contributed by atoms with van der Waals surface area (Å²) in [5, 5.41) is 4.16. The van der Waals surface area contributed by atoms with Gasteiger partial charge in [0.1, 0.15) is 5.76 Å². The van der Waals surface area contributed by atoms with Crippen LogP contribution < -0.4 is 4.72 Å². The second-order valence-electron chi connectivity index (χ2n) is 7.83. The fraction of sp³-hybridized carbons (Fsp3) is 0.800. The molecule has 0 amide bonds. The molecule has 2 atom stereocenters. The smallest absolute Gasteiger partial charge is 0.208 e. The van der Waals surface area contributed by atoms with Crippen LogP contribution in [0.3, 0.4) is 0 Å². The molecule has 1 N–H and O–H groups in total. The van der Waals surface area contributed by atoms with E-state index in [0.717, 1.165) is 24.3 Å². The first-order valence-electron chi connectivity index (χ1n) is 7.33. The minimum atomic E-state index is -3.15. The van der Waals surface area contributed by atoms with Crippen molar-refractivity contribution in [1.29, 1.82) is 0 Å². The molecule has 21 heavy (non-hydrogen) atoms. The molecule has 1 aromatic heterocycles. The summed E-state index contributed by atoms with van der Waals surface area (Å²) in [5.41, 5.74) is 0.848. The molecule has 0 aliphatic heterocycles. The summed E-state index contributed by atoms with van der Waals surface area (Å²) < 4.78 is 30.9. The Morgan fingerprint density at radius 2 is 2.05 bits per heavy atom. The third-order valence-electron chi connectivity index (χ3n) is 4.58. The van der Waals surface area contributed by atoms with Crippen molar-refractivity contribution in [3.8, 4) is 0 Å². The molecule has 1 aliphatic carbocycles. The van der Waals surface area contributed by atoms with Crippen LogP contribution in [0.2, 0.25) is 0 Å². The van der Waals surface area contributed by atoms with Crippen LogP contribution in [-0.4, -0.2) is 25.9 Å². The Bertz CT molecular complexity index is 611. The van der Waals surface area contributed by atoms with E-state index < -0.39 is 10.0 Å². The van der Waals surface area contributed by atoms with Crippen molar-refractivity contribution in [2.45, 2.75) is 58.9 Å². The molecule has 5 nitrogen and oxygen atoms in total. The first kappa shape index (κ1) is 16.5. The molecule has 1 aliphatic rings. The van der Waals surface area contributed by atoms with E-state index >= 15 is 0 Å². The topological polar surface area (TPSA) is 72.2 Å². The summed E-state index contributed by atoms with van der Waals surface area (Å²) in [6.07, 6.45) is 2.88. The van der Waals surface area contributed by atoms with Crippen molar-refractivity contribution in [2.24, 2.45) is 11.3 Å². The molecule has 6 heteroatoms. The third-order valence-corrected chi connectivity index (χ3v) is 5.29. The van der Waals surface area contributed by atoms with E-state index in [2.05, 4.69) is 44.5 Å². The van der Waals surface area contributed by atoms with Gasteiger partial charge in [0.05, 0.1) is 11.9 Å². The van der Waals surface area contributed by atoms with E-state index in [0.29, 0.717) is 5.92 Å². The van der Waals surface area contributed by atoms with Gasteiger partial charge in [-0.2, -0.15) is 0 Å². The Labute approximate surface area is 127 Å². The van der Waals surface area contributed by atoms with Crippen molar-refractivity contribution < 1.29 is 12.9 Å². The fourth-order valence-electron chi connectivity index (χ4n) is 2.83. The van der Waals surface area contributed by atoms with E-state index in [-0.39, 0.29) is 16.9 Å². The molecule has 0 spiro atoms. The van der Waals surface area contributed by atoms with Gasteiger partial charge in [0.15, 0.2) is 0 Å². The summed E-state index contributed by atoms with van der Waals surface area (Å²) >= 11 is 0.